The summed E-state index contributed by atoms with van der Waals surface area (Å²) in [5.41, 5.74) is 1.37. The van der Waals surface area contributed by atoms with Gasteiger partial charge in [0.05, 0.1) is 24.0 Å². The third kappa shape index (κ3) is 3.45. The van der Waals surface area contributed by atoms with Gasteiger partial charge in [0.25, 0.3) is 11.5 Å². The molecule has 1 aliphatic carbocycles. The molecular formula is C22H23FN6O3. The highest BCUT2D eigenvalue weighted by molar-refractivity contribution is 5.98. The SMILES string of the molecule is CCc1cc2n(CC(=O)Nc3ccc(F)cn3)c3c(c(=O)n2n1)CN(CC1CCC1)C3=O. The van der Waals surface area contributed by atoms with Crippen molar-refractivity contribution in [3.63, 3.8) is 0 Å². The van der Waals surface area contributed by atoms with Crippen LogP contribution < -0.4 is 10.9 Å². The molecule has 1 N–H and O–H groups in total. The highest BCUT2D eigenvalue weighted by Crippen LogP contribution is 2.30. The van der Waals surface area contributed by atoms with E-state index in [0.717, 1.165) is 25.5 Å². The fourth-order valence-corrected chi connectivity index (χ4v) is 4.31. The van der Waals surface area contributed by atoms with Crippen LogP contribution in [0.15, 0.2) is 29.2 Å². The Kier molecular flexibility index (Phi) is 4.99. The molecule has 5 rings (SSSR count). The maximum absolute atomic E-state index is 13.3. The molecule has 0 atom stereocenters. The number of nitrogens with one attached hydrogen (secondary N) is 1. The number of aryl methyl sites for hydroxylation is 1. The van der Waals surface area contributed by atoms with Crippen LogP contribution in [-0.4, -0.2) is 42.4 Å². The Morgan fingerprint density at radius 3 is 2.75 bits per heavy atom. The summed E-state index contributed by atoms with van der Waals surface area (Å²) in [6.07, 6.45) is 4.95. The van der Waals surface area contributed by atoms with E-state index in [0.29, 0.717) is 35.8 Å². The predicted molar refractivity (Wildman–Crippen MR) is 114 cm³/mol. The van der Waals surface area contributed by atoms with Gasteiger partial charge in [0, 0.05) is 12.6 Å². The van der Waals surface area contributed by atoms with E-state index in [9.17, 15) is 18.8 Å². The molecule has 1 aliphatic heterocycles. The van der Waals surface area contributed by atoms with Crippen molar-refractivity contribution in [1.82, 2.24) is 24.1 Å². The molecule has 0 saturated heterocycles. The molecule has 3 aromatic rings. The zero-order valence-corrected chi connectivity index (χ0v) is 17.7. The van der Waals surface area contributed by atoms with Crippen molar-refractivity contribution in [2.75, 3.05) is 11.9 Å². The Bertz CT molecular complexity index is 1280. The second-order valence-electron chi connectivity index (χ2n) is 8.37. The standard InChI is InChI=1S/C22H23FN6O3/c1-2-15-8-19-28(12-18(30)25-17-7-6-14(23)9-24-17)20-16(21(31)29(19)26-15)11-27(22(20)32)10-13-4-3-5-13/h6-9,13H,2-5,10-12H2,1H3,(H,24,25,30). The molecule has 0 bridgehead atoms. The molecule has 32 heavy (non-hydrogen) atoms. The quantitative estimate of drug-likeness (QED) is 0.634. The number of carbonyl (C=O) groups is 2. The summed E-state index contributed by atoms with van der Waals surface area (Å²) in [5.74, 6) is -0.530. The predicted octanol–water partition coefficient (Wildman–Crippen LogP) is 1.99. The molecule has 1 fully saturated rings. The van der Waals surface area contributed by atoms with Crippen molar-refractivity contribution >= 4 is 23.3 Å². The lowest BCUT2D eigenvalue weighted by Crippen LogP contribution is -2.33. The smallest absolute Gasteiger partial charge is 0.280 e. The highest BCUT2D eigenvalue weighted by atomic mass is 19.1. The molecule has 9 nitrogen and oxygen atoms in total. The van der Waals surface area contributed by atoms with Crippen molar-refractivity contribution in [2.45, 2.75) is 45.7 Å². The third-order valence-corrected chi connectivity index (χ3v) is 6.22. The average Bonchev–Trinajstić information content (AvgIpc) is 3.32. The molecule has 166 valence electrons. The number of halogens is 1. The first-order chi connectivity index (χ1) is 15.4. The Morgan fingerprint density at radius 2 is 2.09 bits per heavy atom. The van der Waals surface area contributed by atoms with Gasteiger partial charge in [-0.3, -0.25) is 14.4 Å². The van der Waals surface area contributed by atoms with Gasteiger partial charge in [0.15, 0.2) is 0 Å². The molecule has 2 amide bonds. The van der Waals surface area contributed by atoms with Crippen LogP contribution in [0.4, 0.5) is 10.2 Å². The number of nitrogens with zero attached hydrogens (tertiary/aromatic N) is 5. The number of anilines is 1. The summed E-state index contributed by atoms with van der Waals surface area (Å²) in [5, 5.41) is 6.99. The van der Waals surface area contributed by atoms with Gasteiger partial charge < -0.3 is 14.8 Å². The number of carbonyl (C=O) groups excluding carboxylic acids is 2. The largest absolute Gasteiger partial charge is 0.332 e. The van der Waals surface area contributed by atoms with Crippen LogP contribution in [0.25, 0.3) is 5.65 Å². The van der Waals surface area contributed by atoms with Gasteiger partial charge in [-0.1, -0.05) is 13.3 Å². The lowest BCUT2D eigenvalue weighted by Gasteiger charge is -2.29. The highest BCUT2D eigenvalue weighted by Gasteiger charge is 2.36. The molecule has 0 aromatic carbocycles. The number of amides is 2. The van der Waals surface area contributed by atoms with E-state index in [1.807, 2.05) is 6.92 Å². The monoisotopic (exact) mass is 438 g/mol. The van der Waals surface area contributed by atoms with Crippen LogP contribution in [0.1, 0.15) is 47.9 Å². The van der Waals surface area contributed by atoms with E-state index in [2.05, 4.69) is 15.4 Å². The summed E-state index contributed by atoms with van der Waals surface area (Å²) in [7, 11) is 0. The van der Waals surface area contributed by atoms with Crippen molar-refractivity contribution in [3.05, 3.63) is 57.5 Å². The maximum atomic E-state index is 13.3. The number of fused-ring (bicyclic) bond motifs is 2. The number of hydrogen-bond acceptors (Lipinski definition) is 5. The Balaban J connectivity index is 1.53. The van der Waals surface area contributed by atoms with E-state index in [4.69, 9.17) is 0 Å². The number of aromatic nitrogens is 4. The van der Waals surface area contributed by atoms with Crippen molar-refractivity contribution in [1.29, 1.82) is 0 Å². The van der Waals surface area contributed by atoms with Crippen molar-refractivity contribution in [3.8, 4) is 0 Å². The van der Waals surface area contributed by atoms with Crippen molar-refractivity contribution < 1.29 is 14.0 Å². The van der Waals surface area contributed by atoms with Crippen LogP contribution in [0, 0.1) is 11.7 Å². The molecule has 0 spiro atoms. The minimum Gasteiger partial charge on any atom is -0.332 e. The minimum atomic E-state index is -0.508. The zero-order chi connectivity index (χ0) is 22.4. The van der Waals surface area contributed by atoms with E-state index >= 15 is 0 Å². The maximum Gasteiger partial charge on any atom is 0.280 e. The number of pyridine rings is 1. The summed E-state index contributed by atoms with van der Waals surface area (Å²) in [6, 6.07) is 4.29. The fraction of sp³-hybridized carbons (Fsp3) is 0.409. The average molecular weight is 438 g/mol. The Labute approximate surface area is 182 Å². The van der Waals surface area contributed by atoms with Gasteiger partial charge in [0.1, 0.15) is 29.5 Å². The van der Waals surface area contributed by atoms with Gasteiger partial charge in [0.2, 0.25) is 5.91 Å². The molecule has 3 aromatic heterocycles. The van der Waals surface area contributed by atoms with E-state index in [1.165, 1.54) is 16.6 Å². The van der Waals surface area contributed by atoms with Crippen LogP contribution in [0.2, 0.25) is 0 Å². The molecule has 0 unspecified atom stereocenters. The van der Waals surface area contributed by atoms with Gasteiger partial charge in [-0.25, -0.2) is 9.37 Å². The van der Waals surface area contributed by atoms with E-state index < -0.39 is 11.7 Å². The van der Waals surface area contributed by atoms with E-state index in [1.54, 1.807) is 15.5 Å². The summed E-state index contributed by atoms with van der Waals surface area (Å²) < 4.78 is 15.9. The van der Waals surface area contributed by atoms with Crippen molar-refractivity contribution in [2.24, 2.45) is 5.92 Å². The van der Waals surface area contributed by atoms with Crippen LogP contribution >= 0.6 is 0 Å². The second-order valence-corrected chi connectivity index (χ2v) is 8.37. The third-order valence-electron chi connectivity index (χ3n) is 6.22. The van der Waals surface area contributed by atoms with E-state index in [-0.39, 0.29) is 36.1 Å². The Hall–Kier alpha value is -3.56. The molecule has 1 saturated carbocycles. The first-order valence-electron chi connectivity index (χ1n) is 10.8. The van der Waals surface area contributed by atoms with Gasteiger partial charge in [-0.05, 0) is 37.3 Å². The molecule has 4 heterocycles. The lowest BCUT2D eigenvalue weighted by atomic mass is 9.85. The van der Waals surface area contributed by atoms with Gasteiger partial charge in [-0.2, -0.15) is 9.61 Å². The normalized spacial score (nSPS) is 15.8. The second kappa shape index (κ2) is 7.85. The zero-order valence-electron chi connectivity index (χ0n) is 17.7. The summed E-state index contributed by atoms with van der Waals surface area (Å²) in [6.45, 7) is 2.55. The first-order valence-corrected chi connectivity index (χ1v) is 10.8. The molecule has 0 radical (unpaired) electrons. The first kappa shape index (κ1) is 20.3. The van der Waals surface area contributed by atoms with Crippen LogP contribution in [0.3, 0.4) is 0 Å². The summed E-state index contributed by atoms with van der Waals surface area (Å²) in [4.78, 5) is 44.8. The van der Waals surface area contributed by atoms with Gasteiger partial charge in [-0.15, -0.1) is 0 Å². The fourth-order valence-electron chi connectivity index (χ4n) is 4.31. The number of rotatable bonds is 6. The minimum absolute atomic E-state index is 0.200. The Morgan fingerprint density at radius 1 is 1.28 bits per heavy atom. The van der Waals surface area contributed by atoms with Crippen LogP contribution in [-0.2, 0) is 24.3 Å². The molecule has 2 aliphatic rings. The van der Waals surface area contributed by atoms with Gasteiger partial charge >= 0.3 is 0 Å². The lowest BCUT2D eigenvalue weighted by molar-refractivity contribution is -0.116. The molecular weight excluding hydrogens is 415 g/mol. The van der Waals surface area contributed by atoms with Crippen LogP contribution in [0.5, 0.6) is 0 Å². The topological polar surface area (TPSA) is 102 Å². The number of hydrogen-bond donors (Lipinski definition) is 1. The summed E-state index contributed by atoms with van der Waals surface area (Å²) >= 11 is 0. The molecule has 10 heteroatoms.